The van der Waals surface area contributed by atoms with E-state index in [2.05, 4.69) is 63.6 Å². The van der Waals surface area contributed by atoms with E-state index in [0.717, 1.165) is 23.5 Å². The molecule has 0 fully saturated rings. The SMILES string of the molecule is CC(C)CC1=CC(c2ccc(C(C)(C)C)cc2)=[O+][Si-]O1.COC. The Morgan fingerprint density at radius 1 is 1.13 bits per heavy atom. The van der Waals surface area contributed by atoms with Gasteiger partial charge in [-0.1, -0.05) is 46.8 Å². The summed E-state index contributed by atoms with van der Waals surface area (Å²) in [6.07, 6.45) is 2.99. The average Bonchev–Trinajstić information content (AvgIpc) is 2.47. The van der Waals surface area contributed by atoms with Crippen LogP contribution in [0.3, 0.4) is 0 Å². The Morgan fingerprint density at radius 2 is 1.70 bits per heavy atom. The molecule has 0 bridgehead atoms. The minimum atomic E-state index is 0.0684. The van der Waals surface area contributed by atoms with E-state index in [0.29, 0.717) is 5.92 Å². The summed E-state index contributed by atoms with van der Waals surface area (Å²) in [5.74, 6) is 2.54. The van der Waals surface area contributed by atoms with Crippen LogP contribution in [0.15, 0.2) is 36.1 Å². The molecule has 0 unspecified atom stereocenters. The molecule has 1 aromatic carbocycles. The predicted octanol–water partition coefficient (Wildman–Crippen LogP) is 4.46. The molecule has 0 spiro atoms. The molecule has 0 aromatic heterocycles. The second kappa shape index (κ2) is 9.04. The largest absolute Gasteiger partial charge is 0.633 e. The number of benzene rings is 1. The first-order valence-electron chi connectivity index (χ1n) is 7.95. The number of hydrogen-bond donors (Lipinski definition) is 0. The Balaban J connectivity index is 0.000000816. The number of rotatable bonds is 3. The molecule has 0 atom stereocenters. The third-order valence-electron chi connectivity index (χ3n) is 3.26. The monoisotopic (exact) mass is 333 g/mol. The third kappa shape index (κ3) is 6.71. The molecule has 0 N–H and O–H groups in total. The molecular formula is C19H29O3Si. The van der Waals surface area contributed by atoms with Crippen LogP contribution in [0.1, 0.15) is 56.3 Å². The highest BCUT2D eigenvalue weighted by molar-refractivity contribution is 6.22. The summed E-state index contributed by atoms with van der Waals surface area (Å²) in [5, 5.41) is 0. The summed E-state index contributed by atoms with van der Waals surface area (Å²) >= 11 is 0. The van der Waals surface area contributed by atoms with Crippen molar-refractivity contribution in [2.24, 2.45) is 5.92 Å². The van der Waals surface area contributed by atoms with Crippen molar-refractivity contribution in [3.63, 3.8) is 0 Å². The van der Waals surface area contributed by atoms with E-state index >= 15 is 0 Å². The minimum Gasteiger partial charge on any atom is -0.633 e. The fraction of sp³-hybridized carbons (Fsp3) is 0.526. The van der Waals surface area contributed by atoms with Gasteiger partial charge in [0.05, 0.1) is 17.4 Å². The zero-order valence-corrected chi connectivity index (χ0v) is 16.4. The summed E-state index contributed by atoms with van der Waals surface area (Å²) in [5.41, 5.74) is 2.64. The highest BCUT2D eigenvalue weighted by Crippen LogP contribution is 2.23. The first-order valence-corrected chi connectivity index (χ1v) is 8.76. The van der Waals surface area contributed by atoms with Crippen molar-refractivity contribution in [3.05, 3.63) is 47.2 Å². The Morgan fingerprint density at radius 3 is 2.17 bits per heavy atom. The first kappa shape index (κ1) is 19.7. The van der Waals surface area contributed by atoms with E-state index in [1.54, 1.807) is 14.2 Å². The lowest BCUT2D eigenvalue weighted by Gasteiger charge is -2.20. The van der Waals surface area contributed by atoms with E-state index in [1.807, 2.05) is 6.08 Å². The highest BCUT2D eigenvalue weighted by Gasteiger charge is 2.18. The molecule has 0 saturated carbocycles. The van der Waals surface area contributed by atoms with Gasteiger partial charge in [-0.15, -0.1) is 0 Å². The molecule has 127 valence electrons. The van der Waals surface area contributed by atoms with Crippen molar-refractivity contribution in [2.75, 3.05) is 14.2 Å². The van der Waals surface area contributed by atoms with Crippen LogP contribution < -0.4 is 0 Å². The smallest absolute Gasteiger partial charge is 0.424 e. The molecule has 0 aliphatic carbocycles. The summed E-state index contributed by atoms with van der Waals surface area (Å²) in [4.78, 5) is 0. The lowest BCUT2D eigenvalue weighted by Crippen LogP contribution is -2.14. The van der Waals surface area contributed by atoms with Gasteiger partial charge in [-0.2, -0.15) is 0 Å². The zero-order chi connectivity index (χ0) is 17.5. The van der Waals surface area contributed by atoms with Crippen LogP contribution >= 0.6 is 0 Å². The molecule has 23 heavy (non-hydrogen) atoms. The fourth-order valence-electron chi connectivity index (χ4n) is 2.10. The van der Waals surface area contributed by atoms with E-state index in [1.165, 1.54) is 5.56 Å². The Kier molecular flexibility index (Phi) is 7.72. The highest BCUT2D eigenvalue weighted by atomic mass is 28.2. The molecule has 4 heteroatoms. The Labute approximate surface area is 143 Å². The van der Waals surface area contributed by atoms with Gasteiger partial charge in [-0.3, -0.25) is 0 Å². The molecule has 1 aromatic rings. The minimum absolute atomic E-state index is 0.0684. The number of hydrogen-bond acceptors (Lipinski definition) is 2. The maximum absolute atomic E-state index is 5.65. The van der Waals surface area contributed by atoms with Crippen LogP contribution in [0.5, 0.6) is 0 Å². The number of ether oxygens (including phenoxy) is 1. The second-order valence-electron chi connectivity index (χ2n) is 7.10. The van der Waals surface area contributed by atoms with Crippen molar-refractivity contribution >= 4 is 15.8 Å². The third-order valence-corrected chi connectivity index (χ3v) is 3.91. The maximum Gasteiger partial charge on any atom is 0.424 e. The average molecular weight is 334 g/mol. The Bertz CT molecular complexity index is 537. The van der Waals surface area contributed by atoms with Gasteiger partial charge in [0.2, 0.25) is 0 Å². The van der Waals surface area contributed by atoms with Gasteiger partial charge in [-0.25, -0.2) is 0 Å². The molecule has 1 radical (unpaired) electrons. The maximum atomic E-state index is 5.65. The van der Waals surface area contributed by atoms with Crippen LogP contribution in [-0.2, 0) is 14.6 Å². The molecule has 0 saturated heterocycles. The molecule has 2 rings (SSSR count). The number of ketones is 1. The molecular weight excluding hydrogens is 304 g/mol. The van der Waals surface area contributed by atoms with Crippen molar-refractivity contribution in [1.82, 2.24) is 0 Å². The van der Waals surface area contributed by atoms with Crippen molar-refractivity contribution in [3.8, 4) is 0 Å². The number of methoxy groups -OCH3 is 1. The molecule has 1 aliphatic heterocycles. The summed E-state index contributed by atoms with van der Waals surface area (Å²) in [6, 6.07) is 8.63. The number of carbonyl (C=O) groups excluding carboxylic acids is 1. The van der Waals surface area contributed by atoms with Crippen LogP contribution in [0.2, 0.25) is 0 Å². The summed E-state index contributed by atoms with van der Waals surface area (Å²) in [7, 11) is 3.32. The lowest BCUT2D eigenvalue weighted by molar-refractivity contribution is -0.107. The van der Waals surface area contributed by atoms with Gasteiger partial charge in [0.15, 0.2) is 0 Å². The van der Waals surface area contributed by atoms with E-state index in [9.17, 15) is 0 Å². The van der Waals surface area contributed by atoms with Crippen LogP contribution in [-0.4, -0.2) is 30.0 Å². The van der Waals surface area contributed by atoms with Gasteiger partial charge >= 0.3 is 10.0 Å². The normalized spacial score (nSPS) is 14.1. The van der Waals surface area contributed by atoms with E-state index in [-0.39, 0.29) is 15.4 Å². The second-order valence-corrected chi connectivity index (χ2v) is 7.67. The zero-order valence-electron chi connectivity index (χ0n) is 15.4. The molecule has 1 aliphatic rings. The topological polar surface area (TPSA) is 29.8 Å². The van der Waals surface area contributed by atoms with Crippen molar-refractivity contribution in [2.45, 2.75) is 46.5 Å². The van der Waals surface area contributed by atoms with E-state index in [4.69, 9.17) is 8.54 Å². The standard InChI is InChI=1S/C17H23O2Si.C2H6O/c1-12(2)10-15-11-16(19-20-18-15)13-6-8-14(9-7-13)17(3,4)5;1-3-2/h6-9,11-12H,10H2,1-5H3;1-2H3. The number of allylic oxidation sites excluding steroid dienone is 2. The van der Waals surface area contributed by atoms with Crippen LogP contribution in [0.4, 0.5) is 0 Å². The van der Waals surface area contributed by atoms with Gasteiger partial charge in [-0.05, 0) is 29.0 Å². The quantitative estimate of drug-likeness (QED) is 0.604. The summed E-state index contributed by atoms with van der Waals surface area (Å²) < 4.78 is 15.5. The van der Waals surface area contributed by atoms with Crippen molar-refractivity contribution < 1.29 is 13.3 Å². The molecule has 0 amide bonds. The van der Waals surface area contributed by atoms with E-state index < -0.39 is 0 Å². The molecule has 1 heterocycles. The van der Waals surface area contributed by atoms with Crippen LogP contribution in [0.25, 0.3) is 0 Å². The fourth-order valence-corrected chi connectivity index (χ4v) is 2.66. The van der Waals surface area contributed by atoms with Crippen molar-refractivity contribution in [1.29, 1.82) is 0 Å². The lowest BCUT2D eigenvalue weighted by atomic mass is 9.86. The van der Waals surface area contributed by atoms with Gasteiger partial charge in [0.25, 0.3) is 5.78 Å². The van der Waals surface area contributed by atoms with Gasteiger partial charge in [0, 0.05) is 20.6 Å². The van der Waals surface area contributed by atoms with Gasteiger partial charge in [0.1, 0.15) is 0 Å². The Hall–Kier alpha value is -1.39. The molecule has 3 nitrogen and oxygen atoms in total. The summed E-state index contributed by atoms with van der Waals surface area (Å²) in [6.45, 7) is 11.1. The first-order chi connectivity index (χ1) is 10.8. The predicted molar refractivity (Wildman–Crippen MR) is 96.8 cm³/mol. The van der Waals surface area contributed by atoms with Crippen LogP contribution in [0, 0.1) is 5.92 Å². The van der Waals surface area contributed by atoms with Gasteiger partial charge < -0.3 is 13.3 Å².